The van der Waals surface area contributed by atoms with Crippen molar-refractivity contribution in [3.8, 4) is 0 Å². The molecule has 2 atom stereocenters. The summed E-state index contributed by atoms with van der Waals surface area (Å²) in [4.78, 5) is 4.65. The molecule has 96 valence electrons. The van der Waals surface area contributed by atoms with E-state index in [1.54, 1.807) is 0 Å². The molecule has 1 saturated carbocycles. The van der Waals surface area contributed by atoms with Gasteiger partial charge in [0.15, 0.2) is 0 Å². The Morgan fingerprint density at radius 1 is 1.44 bits per heavy atom. The molecule has 1 heterocycles. The Balaban J connectivity index is 2.23. The standard InChI is InChI=1S/C14H16Cl2N2/c1-8(15)13-17-10-6-9(16)4-5-11(10)18(13)12-7-14(12,2)3/h4-6,8,12H,7H2,1-3H3. The van der Waals surface area contributed by atoms with Crippen LogP contribution in [0, 0.1) is 5.41 Å². The second kappa shape index (κ2) is 3.88. The Kier molecular flexibility index (Phi) is 2.65. The first kappa shape index (κ1) is 12.3. The summed E-state index contributed by atoms with van der Waals surface area (Å²) in [7, 11) is 0. The van der Waals surface area contributed by atoms with E-state index in [1.807, 2.05) is 25.1 Å². The van der Waals surface area contributed by atoms with Crippen molar-refractivity contribution in [3.05, 3.63) is 29.0 Å². The Hall–Kier alpha value is -0.730. The van der Waals surface area contributed by atoms with Crippen LogP contribution in [0.25, 0.3) is 11.0 Å². The topological polar surface area (TPSA) is 17.8 Å². The van der Waals surface area contributed by atoms with Crippen molar-refractivity contribution in [3.63, 3.8) is 0 Å². The highest BCUT2D eigenvalue weighted by atomic mass is 35.5. The number of imidazole rings is 1. The monoisotopic (exact) mass is 282 g/mol. The van der Waals surface area contributed by atoms with Crippen LogP contribution in [0.5, 0.6) is 0 Å². The summed E-state index contributed by atoms with van der Waals surface area (Å²) in [6.07, 6.45) is 1.18. The van der Waals surface area contributed by atoms with Crippen LogP contribution in [-0.2, 0) is 0 Å². The van der Waals surface area contributed by atoms with Crippen LogP contribution >= 0.6 is 23.2 Å². The molecule has 0 radical (unpaired) electrons. The average Bonchev–Trinajstić information content (AvgIpc) is 2.74. The highest BCUT2D eigenvalue weighted by Gasteiger charge is 2.48. The minimum Gasteiger partial charge on any atom is -0.323 e. The number of nitrogens with zero attached hydrogens (tertiary/aromatic N) is 2. The van der Waals surface area contributed by atoms with Gasteiger partial charge >= 0.3 is 0 Å². The Labute approximate surface area is 117 Å². The van der Waals surface area contributed by atoms with E-state index < -0.39 is 0 Å². The zero-order valence-electron chi connectivity index (χ0n) is 10.7. The Morgan fingerprint density at radius 3 is 2.67 bits per heavy atom. The summed E-state index contributed by atoms with van der Waals surface area (Å²) in [5.41, 5.74) is 2.42. The van der Waals surface area contributed by atoms with E-state index in [9.17, 15) is 0 Å². The second-order valence-corrected chi connectivity index (χ2v) is 6.89. The molecule has 1 aromatic heterocycles. The van der Waals surface area contributed by atoms with Crippen molar-refractivity contribution in [1.82, 2.24) is 9.55 Å². The number of fused-ring (bicyclic) bond motifs is 1. The summed E-state index contributed by atoms with van der Waals surface area (Å²) in [6, 6.07) is 6.37. The molecule has 2 aromatic rings. The van der Waals surface area contributed by atoms with Crippen LogP contribution in [0.3, 0.4) is 0 Å². The number of halogens is 2. The summed E-state index contributed by atoms with van der Waals surface area (Å²) >= 11 is 12.3. The molecule has 3 rings (SSSR count). The molecule has 1 aliphatic carbocycles. The molecule has 0 aliphatic heterocycles. The fourth-order valence-electron chi connectivity index (χ4n) is 2.58. The van der Waals surface area contributed by atoms with Gasteiger partial charge < -0.3 is 4.57 Å². The molecule has 18 heavy (non-hydrogen) atoms. The van der Waals surface area contributed by atoms with Gasteiger partial charge in [-0.1, -0.05) is 25.4 Å². The van der Waals surface area contributed by atoms with E-state index in [0.717, 1.165) is 21.9 Å². The molecule has 0 amide bonds. The van der Waals surface area contributed by atoms with Crippen molar-refractivity contribution >= 4 is 34.2 Å². The summed E-state index contributed by atoms with van der Waals surface area (Å²) < 4.78 is 2.29. The van der Waals surface area contributed by atoms with Gasteiger partial charge in [-0.2, -0.15) is 0 Å². The number of benzene rings is 1. The molecule has 4 heteroatoms. The van der Waals surface area contributed by atoms with Gasteiger partial charge in [0.2, 0.25) is 0 Å². The lowest BCUT2D eigenvalue weighted by molar-refractivity contribution is 0.535. The molecule has 0 N–H and O–H groups in total. The van der Waals surface area contributed by atoms with Crippen LogP contribution in [-0.4, -0.2) is 9.55 Å². The lowest BCUT2D eigenvalue weighted by Crippen LogP contribution is -2.06. The Bertz CT molecular complexity index is 614. The minimum atomic E-state index is -0.0902. The first-order chi connectivity index (χ1) is 8.40. The summed E-state index contributed by atoms with van der Waals surface area (Å²) in [5.74, 6) is 0.949. The van der Waals surface area contributed by atoms with E-state index in [1.165, 1.54) is 6.42 Å². The number of hydrogen-bond donors (Lipinski definition) is 0. The third kappa shape index (κ3) is 1.83. The molecule has 0 spiro atoms. The van der Waals surface area contributed by atoms with Crippen LogP contribution in [0.15, 0.2) is 18.2 Å². The maximum atomic E-state index is 6.27. The fraction of sp³-hybridized carbons (Fsp3) is 0.500. The lowest BCUT2D eigenvalue weighted by atomic mass is 10.2. The van der Waals surface area contributed by atoms with Crippen LogP contribution < -0.4 is 0 Å². The third-order valence-electron chi connectivity index (χ3n) is 3.81. The number of hydrogen-bond acceptors (Lipinski definition) is 1. The molecule has 1 fully saturated rings. The third-order valence-corrected chi connectivity index (χ3v) is 4.24. The van der Waals surface area contributed by atoms with Gasteiger partial charge in [0, 0.05) is 11.1 Å². The molecular weight excluding hydrogens is 267 g/mol. The average molecular weight is 283 g/mol. The summed E-state index contributed by atoms with van der Waals surface area (Å²) in [5, 5.41) is 0.628. The van der Waals surface area contributed by atoms with Crippen molar-refractivity contribution in [2.75, 3.05) is 0 Å². The number of aromatic nitrogens is 2. The first-order valence-corrected chi connectivity index (χ1v) is 7.03. The second-order valence-electron chi connectivity index (χ2n) is 5.80. The zero-order valence-corrected chi connectivity index (χ0v) is 12.3. The van der Waals surface area contributed by atoms with Gasteiger partial charge in [-0.15, -0.1) is 11.6 Å². The van der Waals surface area contributed by atoms with Gasteiger partial charge in [0.05, 0.1) is 16.4 Å². The predicted molar refractivity (Wildman–Crippen MR) is 76.4 cm³/mol. The Morgan fingerprint density at radius 2 is 2.11 bits per heavy atom. The van der Waals surface area contributed by atoms with Crippen molar-refractivity contribution in [1.29, 1.82) is 0 Å². The molecule has 2 unspecified atom stereocenters. The van der Waals surface area contributed by atoms with Crippen LogP contribution in [0.2, 0.25) is 5.02 Å². The lowest BCUT2D eigenvalue weighted by Gasteiger charge is -2.12. The number of rotatable bonds is 2. The SMILES string of the molecule is CC(Cl)c1nc2cc(Cl)ccc2n1C1CC1(C)C. The largest absolute Gasteiger partial charge is 0.323 e. The minimum absolute atomic E-state index is 0.0902. The molecule has 1 aliphatic rings. The van der Waals surface area contributed by atoms with Crippen LogP contribution in [0.1, 0.15) is 44.4 Å². The fourth-order valence-corrected chi connectivity index (χ4v) is 2.90. The molecule has 0 bridgehead atoms. The van der Waals surface area contributed by atoms with Gasteiger partial charge in [-0.25, -0.2) is 4.98 Å². The molecule has 0 saturated heterocycles. The molecule has 2 nitrogen and oxygen atoms in total. The van der Waals surface area contributed by atoms with Gasteiger partial charge in [-0.3, -0.25) is 0 Å². The molecular formula is C14H16Cl2N2. The first-order valence-electron chi connectivity index (χ1n) is 6.21. The number of alkyl halides is 1. The summed E-state index contributed by atoms with van der Waals surface area (Å²) in [6.45, 7) is 6.53. The van der Waals surface area contributed by atoms with E-state index >= 15 is 0 Å². The predicted octanol–water partition coefficient (Wildman–Crippen LogP) is 4.96. The van der Waals surface area contributed by atoms with Gasteiger partial charge in [-0.05, 0) is 37.0 Å². The normalized spacial score (nSPS) is 23.3. The zero-order chi connectivity index (χ0) is 13.1. The van der Waals surface area contributed by atoms with Gasteiger partial charge in [0.25, 0.3) is 0 Å². The van der Waals surface area contributed by atoms with E-state index in [-0.39, 0.29) is 5.38 Å². The van der Waals surface area contributed by atoms with Gasteiger partial charge in [0.1, 0.15) is 5.82 Å². The maximum absolute atomic E-state index is 6.27. The van der Waals surface area contributed by atoms with Crippen molar-refractivity contribution in [2.45, 2.75) is 38.6 Å². The maximum Gasteiger partial charge on any atom is 0.127 e. The highest BCUT2D eigenvalue weighted by Crippen LogP contribution is 2.57. The molecule has 1 aromatic carbocycles. The highest BCUT2D eigenvalue weighted by molar-refractivity contribution is 6.31. The van der Waals surface area contributed by atoms with E-state index in [4.69, 9.17) is 23.2 Å². The van der Waals surface area contributed by atoms with E-state index in [2.05, 4.69) is 23.4 Å². The quantitative estimate of drug-likeness (QED) is 0.712. The smallest absolute Gasteiger partial charge is 0.127 e. The van der Waals surface area contributed by atoms with Crippen molar-refractivity contribution < 1.29 is 0 Å². The van der Waals surface area contributed by atoms with Crippen molar-refractivity contribution in [2.24, 2.45) is 5.41 Å². The van der Waals surface area contributed by atoms with Crippen LogP contribution in [0.4, 0.5) is 0 Å². The van der Waals surface area contributed by atoms with E-state index in [0.29, 0.717) is 11.5 Å².